The van der Waals surface area contributed by atoms with Gasteiger partial charge in [0.1, 0.15) is 11.4 Å². The molecule has 1 saturated heterocycles. The molecule has 2 aromatic carbocycles. The lowest BCUT2D eigenvalue weighted by Gasteiger charge is -2.40. The number of ether oxygens (including phenoxy) is 1. The van der Waals surface area contributed by atoms with Gasteiger partial charge in [-0.1, -0.05) is 6.07 Å². The molecule has 2 fully saturated rings. The standard InChI is InChI=1S/C27H31F4N3O4/c1-16(34-22-4-2-3-18(11-22)24(35)36)13-32-23-7-8-26(38-15-23,19-5-6-19)25(37)33-14-17-9-20(27(29,30)31)12-21(28)10-17/h2-4,9-12,16,19,23,32,34H,5-8,13-15H2,1H3,(H,33,37)(H,35,36)/t16?,23-,26+/m1/s1. The molecule has 1 saturated carbocycles. The number of carbonyl (C=O) groups is 2. The Labute approximate surface area is 217 Å². The number of carboxylic acids is 1. The smallest absolute Gasteiger partial charge is 0.416 e. The molecule has 0 aromatic heterocycles. The van der Waals surface area contributed by atoms with Crippen molar-refractivity contribution in [2.24, 2.45) is 5.92 Å². The van der Waals surface area contributed by atoms with Crippen molar-refractivity contribution >= 4 is 17.6 Å². The number of aromatic carboxylic acids is 1. The number of carbonyl (C=O) groups excluding carboxylic acids is 1. The molecule has 206 valence electrons. The number of anilines is 1. The number of amides is 1. The Kier molecular flexibility index (Phi) is 8.27. The van der Waals surface area contributed by atoms with Crippen molar-refractivity contribution in [3.05, 3.63) is 65.0 Å². The zero-order valence-electron chi connectivity index (χ0n) is 20.9. The molecule has 11 heteroatoms. The lowest BCUT2D eigenvalue weighted by Crippen LogP contribution is -2.56. The predicted molar refractivity (Wildman–Crippen MR) is 132 cm³/mol. The molecule has 0 radical (unpaired) electrons. The van der Waals surface area contributed by atoms with Crippen molar-refractivity contribution in [1.82, 2.24) is 10.6 Å². The van der Waals surface area contributed by atoms with Crippen LogP contribution in [0, 0.1) is 11.7 Å². The average Bonchev–Trinajstić information content (AvgIpc) is 3.72. The van der Waals surface area contributed by atoms with E-state index in [4.69, 9.17) is 9.84 Å². The Morgan fingerprint density at radius 3 is 2.55 bits per heavy atom. The topological polar surface area (TPSA) is 99.7 Å². The molecule has 4 N–H and O–H groups in total. The minimum atomic E-state index is -4.68. The van der Waals surface area contributed by atoms with Gasteiger partial charge in [0.05, 0.1) is 17.7 Å². The van der Waals surface area contributed by atoms with Gasteiger partial charge in [0.25, 0.3) is 5.91 Å². The third kappa shape index (κ3) is 6.82. The Bertz CT molecular complexity index is 1160. The number of benzene rings is 2. The highest BCUT2D eigenvalue weighted by Gasteiger charge is 2.53. The molecule has 2 aromatic rings. The van der Waals surface area contributed by atoms with E-state index in [1.165, 1.54) is 6.07 Å². The molecule has 1 amide bonds. The Morgan fingerprint density at radius 1 is 1.16 bits per heavy atom. The van der Waals surface area contributed by atoms with E-state index in [0.29, 0.717) is 37.7 Å². The van der Waals surface area contributed by atoms with Crippen LogP contribution in [-0.2, 0) is 22.3 Å². The summed E-state index contributed by atoms with van der Waals surface area (Å²) in [5, 5.41) is 18.5. The fourth-order valence-corrected chi connectivity index (χ4v) is 4.86. The molecular weight excluding hydrogens is 506 g/mol. The lowest BCUT2D eigenvalue weighted by atomic mass is 9.86. The van der Waals surface area contributed by atoms with Gasteiger partial charge in [-0.25, -0.2) is 9.18 Å². The van der Waals surface area contributed by atoms with Crippen molar-refractivity contribution in [3.8, 4) is 0 Å². The van der Waals surface area contributed by atoms with Crippen LogP contribution in [0.2, 0.25) is 0 Å². The Morgan fingerprint density at radius 2 is 1.92 bits per heavy atom. The highest BCUT2D eigenvalue weighted by molar-refractivity contribution is 5.88. The fourth-order valence-electron chi connectivity index (χ4n) is 4.86. The first kappa shape index (κ1) is 27.8. The van der Waals surface area contributed by atoms with Crippen LogP contribution in [0.25, 0.3) is 0 Å². The molecule has 0 bridgehead atoms. The maximum atomic E-state index is 13.7. The fraction of sp³-hybridized carbons (Fsp3) is 0.481. The van der Waals surface area contributed by atoms with E-state index in [1.54, 1.807) is 18.2 Å². The molecule has 1 aliphatic heterocycles. The molecule has 1 unspecified atom stereocenters. The van der Waals surface area contributed by atoms with Crippen molar-refractivity contribution < 1.29 is 37.0 Å². The molecule has 3 atom stereocenters. The van der Waals surface area contributed by atoms with Gasteiger partial charge in [-0.15, -0.1) is 0 Å². The molecule has 7 nitrogen and oxygen atoms in total. The Hall–Kier alpha value is -3.18. The first-order valence-corrected chi connectivity index (χ1v) is 12.6. The van der Waals surface area contributed by atoms with E-state index >= 15 is 0 Å². The summed E-state index contributed by atoms with van der Waals surface area (Å²) in [6, 6.07) is 8.80. The van der Waals surface area contributed by atoms with E-state index < -0.39 is 29.1 Å². The number of hydrogen-bond acceptors (Lipinski definition) is 5. The normalized spacial score (nSPS) is 22.5. The van der Waals surface area contributed by atoms with E-state index in [-0.39, 0.29) is 41.6 Å². The van der Waals surface area contributed by atoms with Gasteiger partial charge in [-0.3, -0.25) is 4.79 Å². The molecule has 4 rings (SSSR count). The van der Waals surface area contributed by atoms with Crippen LogP contribution in [0.3, 0.4) is 0 Å². The highest BCUT2D eigenvalue weighted by atomic mass is 19.4. The maximum absolute atomic E-state index is 13.7. The van der Waals surface area contributed by atoms with Crippen molar-refractivity contribution in [2.75, 3.05) is 18.5 Å². The van der Waals surface area contributed by atoms with Gasteiger partial charge in [0.2, 0.25) is 0 Å². The predicted octanol–water partition coefficient (Wildman–Crippen LogP) is 4.58. The van der Waals surface area contributed by atoms with E-state index in [9.17, 15) is 27.2 Å². The number of alkyl halides is 3. The number of halogens is 4. The van der Waals surface area contributed by atoms with Crippen LogP contribution in [0.1, 0.15) is 54.1 Å². The average molecular weight is 538 g/mol. The third-order valence-corrected chi connectivity index (χ3v) is 7.00. The van der Waals surface area contributed by atoms with Crippen molar-refractivity contribution in [3.63, 3.8) is 0 Å². The zero-order chi connectivity index (χ0) is 27.5. The maximum Gasteiger partial charge on any atom is 0.416 e. The quantitative estimate of drug-likeness (QED) is 0.331. The molecule has 2 aliphatic rings. The highest BCUT2D eigenvalue weighted by Crippen LogP contribution is 2.46. The van der Waals surface area contributed by atoms with Gasteiger partial charge in [0, 0.05) is 30.9 Å². The second-order valence-electron chi connectivity index (χ2n) is 10.1. The lowest BCUT2D eigenvalue weighted by molar-refractivity contribution is -0.160. The summed E-state index contributed by atoms with van der Waals surface area (Å²) in [5.41, 5.74) is -1.21. The number of nitrogens with one attached hydrogen (secondary N) is 3. The van der Waals surface area contributed by atoms with Crippen molar-refractivity contribution in [2.45, 2.75) is 63.0 Å². The van der Waals surface area contributed by atoms with E-state index in [0.717, 1.165) is 25.0 Å². The van der Waals surface area contributed by atoms with Gasteiger partial charge < -0.3 is 25.8 Å². The summed E-state index contributed by atoms with van der Waals surface area (Å²) in [5.74, 6) is -2.35. The van der Waals surface area contributed by atoms with E-state index in [2.05, 4.69) is 16.0 Å². The zero-order valence-corrected chi connectivity index (χ0v) is 20.9. The van der Waals surface area contributed by atoms with E-state index in [1.807, 2.05) is 6.92 Å². The van der Waals surface area contributed by atoms with Crippen molar-refractivity contribution in [1.29, 1.82) is 0 Å². The van der Waals surface area contributed by atoms with Gasteiger partial charge in [0.15, 0.2) is 0 Å². The first-order valence-electron chi connectivity index (χ1n) is 12.6. The van der Waals surface area contributed by atoms with Crippen LogP contribution in [-0.4, -0.2) is 47.8 Å². The summed E-state index contributed by atoms with van der Waals surface area (Å²) in [4.78, 5) is 24.3. The largest absolute Gasteiger partial charge is 0.478 e. The van der Waals surface area contributed by atoms with Crippen LogP contribution in [0.4, 0.5) is 23.2 Å². The SMILES string of the molecule is CC(CN[C@@H]1CC[C@@](C(=O)NCc2cc(F)cc(C(F)(F)F)c2)(C2CC2)OC1)Nc1cccc(C(=O)O)c1. The molecule has 0 spiro atoms. The minimum absolute atomic E-state index is 0.00171. The Balaban J connectivity index is 1.29. The van der Waals surface area contributed by atoms with Crippen LogP contribution >= 0.6 is 0 Å². The monoisotopic (exact) mass is 537 g/mol. The molecular formula is C27H31F4N3O4. The third-order valence-electron chi connectivity index (χ3n) is 7.00. The number of carboxylic acid groups (broad SMARTS) is 1. The summed E-state index contributed by atoms with van der Waals surface area (Å²) in [7, 11) is 0. The first-order chi connectivity index (χ1) is 18.0. The summed E-state index contributed by atoms with van der Waals surface area (Å²) < 4.78 is 58.9. The number of hydrogen-bond donors (Lipinski definition) is 4. The molecule has 1 heterocycles. The second kappa shape index (κ2) is 11.3. The van der Waals surface area contributed by atoms with Gasteiger partial charge in [-0.05, 0) is 80.5 Å². The summed E-state index contributed by atoms with van der Waals surface area (Å²) in [6.07, 6.45) is -1.88. The van der Waals surface area contributed by atoms with Gasteiger partial charge in [-0.2, -0.15) is 13.2 Å². The molecule has 1 aliphatic carbocycles. The van der Waals surface area contributed by atoms with Crippen LogP contribution < -0.4 is 16.0 Å². The second-order valence-corrected chi connectivity index (χ2v) is 10.1. The number of rotatable bonds is 10. The summed E-state index contributed by atoms with van der Waals surface area (Å²) >= 11 is 0. The van der Waals surface area contributed by atoms with Crippen LogP contribution in [0.15, 0.2) is 42.5 Å². The molecule has 38 heavy (non-hydrogen) atoms. The van der Waals surface area contributed by atoms with Crippen LogP contribution in [0.5, 0.6) is 0 Å². The summed E-state index contributed by atoms with van der Waals surface area (Å²) in [6.45, 7) is 2.60. The van der Waals surface area contributed by atoms with Gasteiger partial charge >= 0.3 is 12.1 Å². The minimum Gasteiger partial charge on any atom is -0.478 e.